The van der Waals surface area contributed by atoms with E-state index in [0.717, 1.165) is 11.0 Å². The Morgan fingerprint density at radius 3 is 3.00 bits per heavy atom. The first-order valence-electron chi connectivity index (χ1n) is 5.24. The van der Waals surface area contributed by atoms with Crippen molar-refractivity contribution in [3.63, 3.8) is 0 Å². The third-order valence-corrected chi connectivity index (χ3v) is 2.19. The number of carbonyl (C=O) groups excluding carboxylic acids is 1. The number of likely N-dealkylation sites (N-methyl/N-ethyl adjacent to an activating group) is 1. The van der Waals surface area contributed by atoms with E-state index in [1.54, 1.807) is 6.08 Å². The molecule has 3 heteroatoms. The highest BCUT2D eigenvalue weighted by Gasteiger charge is 1.99. The summed E-state index contributed by atoms with van der Waals surface area (Å²) in [5.74, 6) is 0.579. The Hall–Kier alpha value is -2.03. The minimum atomic E-state index is -0.108. The number of carbonyl (C=O) groups is 1. The number of fused-ring (bicyclic) bond motifs is 1. The fourth-order valence-corrected chi connectivity index (χ4v) is 1.48. The number of hydrogen-bond acceptors (Lipinski definition) is 2. The molecule has 0 unspecified atom stereocenters. The van der Waals surface area contributed by atoms with Gasteiger partial charge in [0.1, 0.15) is 11.3 Å². The zero-order valence-corrected chi connectivity index (χ0v) is 9.07. The van der Waals surface area contributed by atoms with Gasteiger partial charge in [-0.1, -0.05) is 18.2 Å². The molecule has 0 aliphatic carbocycles. The van der Waals surface area contributed by atoms with Crippen LogP contribution in [0.4, 0.5) is 0 Å². The van der Waals surface area contributed by atoms with Gasteiger partial charge in [-0.15, -0.1) is 0 Å². The summed E-state index contributed by atoms with van der Waals surface area (Å²) < 4.78 is 5.53. The molecule has 1 aromatic heterocycles. The van der Waals surface area contributed by atoms with Crippen LogP contribution in [0.2, 0.25) is 0 Å². The van der Waals surface area contributed by atoms with Crippen LogP contribution in [0.25, 0.3) is 17.0 Å². The van der Waals surface area contributed by atoms with Crippen LogP contribution < -0.4 is 5.32 Å². The maximum absolute atomic E-state index is 11.2. The number of hydrogen-bond donors (Lipinski definition) is 1. The molecule has 2 rings (SSSR count). The minimum absolute atomic E-state index is 0.108. The lowest BCUT2D eigenvalue weighted by Crippen LogP contribution is -2.19. The molecule has 0 fully saturated rings. The van der Waals surface area contributed by atoms with Crippen molar-refractivity contribution < 1.29 is 9.21 Å². The topological polar surface area (TPSA) is 42.2 Å². The number of benzene rings is 1. The first-order valence-corrected chi connectivity index (χ1v) is 5.24. The summed E-state index contributed by atoms with van der Waals surface area (Å²) >= 11 is 0. The normalized spacial score (nSPS) is 11.1. The van der Waals surface area contributed by atoms with Crippen LogP contribution in [0.15, 0.2) is 40.8 Å². The molecule has 0 saturated carbocycles. The molecule has 0 aliphatic rings. The van der Waals surface area contributed by atoms with Crippen LogP contribution in [0.5, 0.6) is 0 Å². The fourth-order valence-electron chi connectivity index (χ4n) is 1.48. The van der Waals surface area contributed by atoms with Gasteiger partial charge in [-0.05, 0) is 25.1 Å². The van der Waals surface area contributed by atoms with Crippen molar-refractivity contribution in [2.24, 2.45) is 0 Å². The standard InChI is InChI=1S/C13H13NO2/c1-2-14-13(15)8-7-11-9-10-5-3-4-6-12(10)16-11/h3-9H,2H2,1H3,(H,14,15)/b8-7+. The van der Waals surface area contributed by atoms with Gasteiger partial charge in [0.15, 0.2) is 0 Å². The monoisotopic (exact) mass is 215 g/mol. The molecule has 0 spiro atoms. The number of rotatable bonds is 3. The molecular formula is C13H13NO2. The van der Waals surface area contributed by atoms with Gasteiger partial charge in [0.2, 0.25) is 5.91 Å². The summed E-state index contributed by atoms with van der Waals surface area (Å²) in [6.07, 6.45) is 3.15. The van der Waals surface area contributed by atoms with Crippen molar-refractivity contribution in [1.29, 1.82) is 0 Å². The van der Waals surface area contributed by atoms with Crippen LogP contribution in [-0.4, -0.2) is 12.5 Å². The second-order valence-electron chi connectivity index (χ2n) is 3.41. The van der Waals surface area contributed by atoms with E-state index in [0.29, 0.717) is 12.3 Å². The quantitative estimate of drug-likeness (QED) is 0.799. The first kappa shape index (κ1) is 10.5. The van der Waals surface area contributed by atoms with Gasteiger partial charge in [0, 0.05) is 18.0 Å². The van der Waals surface area contributed by atoms with Crippen molar-refractivity contribution >= 4 is 23.0 Å². The van der Waals surface area contributed by atoms with E-state index in [1.807, 2.05) is 37.3 Å². The van der Waals surface area contributed by atoms with Gasteiger partial charge in [-0.25, -0.2) is 0 Å². The Morgan fingerprint density at radius 1 is 1.44 bits per heavy atom. The summed E-state index contributed by atoms with van der Waals surface area (Å²) in [4.78, 5) is 11.2. The predicted molar refractivity (Wildman–Crippen MR) is 63.9 cm³/mol. The van der Waals surface area contributed by atoms with Gasteiger partial charge >= 0.3 is 0 Å². The number of nitrogens with one attached hydrogen (secondary N) is 1. The van der Waals surface area contributed by atoms with Crippen molar-refractivity contribution in [2.45, 2.75) is 6.92 Å². The molecule has 1 aromatic carbocycles. The zero-order valence-electron chi connectivity index (χ0n) is 9.07. The molecule has 1 N–H and O–H groups in total. The van der Waals surface area contributed by atoms with E-state index in [2.05, 4.69) is 5.32 Å². The van der Waals surface area contributed by atoms with Gasteiger partial charge in [-0.3, -0.25) is 4.79 Å². The predicted octanol–water partition coefficient (Wildman–Crippen LogP) is 2.58. The molecule has 0 saturated heterocycles. The van der Waals surface area contributed by atoms with E-state index in [-0.39, 0.29) is 5.91 Å². The molecule has 0 aliphatic heterocycles. The number of amides is 1. The highest BCUT2D eigenvalue weighted by atomic mass is 16.3. The molecule has 0 atom stereocenters. The molecule has 3 nitrogen and oxygen atoms in total. The Morgan fingerprint density at radius 2 is 2.25 bits per heavy atom. The summed E-state index contributed by atoms with van der Waals surface area (Å²) in [6.45, 7) is 2.51. The SMILES string of the molecule is CCNC(=O)/C=C/c1cc2ccccc2o1. The lowest BCUT2D eigenvalue weighted by Gasteiger charge is -1.92. The fraction of sp³-hybridized carbons (Fsp3) is 0.154. The summed E-state index contributed by atoms with van der Waals surface area (Å²) in [5.41, 5.74) is 0.832. The average molecular weight is 215 g/mol. The largest absolute Gasteiger partial charge is 0.457 e. The van der Waals surface area contributed by atoms with Crippen molar-refractivity contribution in [3.05, 3.63) is 42.2 Å². The molecular weight excluding hydrogens is 202 g/mol. The highest BCUT2D eigenvalue weighted by molar-refractivity contribution is 5.92. The van der Waals surface area contributed by atoms with E-state index >= 15 is 0 Å². The molecule has 16 heavy (non-hydrogen) atoms. The summed E-state index contributed by atoms with van der Waals surface area (Å²) in [5, 5.41) is 3.72. The van der Waals surface area contributed by atoms with Crippen LogP contribution in [0.1, 0.15) is 12.7 Å². The van der Waals surface area contributed by atoms with Crippen molar-refractivity contribution in [2.75, 3.05) is 6.54 Å². The van der Waals surface area contributed by atoms with Crippen LogP contribution >= 0.6 is 0 Å². The Bertz CT molecular complexity index is 492. The van der Waals surface area contributed by atoms with Crippen molar-refractivity contribution in [1.82, 2.24) is 5.32 Å². The lowest BCUT2D eigenvalue weighted by atomic mass is 10.2. The first-order chi connectivity index (χ1) is 7.79. The maximum Gasteiger partial charge on any atom is 0.244 e. The highest BCUT2D eigenvalue weighted by Crippen LogP contribution is 2.19. The smallest absolute Gasteiger partial charge is 0.244 e. The summed E-state index contributed by atoms with van der Waals surface area (Å²) in [7, 11) is 0. The van der Waals surface area contributed by atoms with E-state index in [9.17, 15) is 4.79 Å². The van der Waals surface area contributed by atoms with E-state index in [1.165, 1.54) is 6.08 Å². The molecule has 1 heterocycles. The zero-order chi connectivity index (χ0) is 11.4. The molecule has 0 bridgehead atoms. The third kappa shape index (κ3) is 2.31. The molecule has 82 valence electrons. The Labute approximate surface area is 93.8 Å². The van der Waals surface area contributed by atoms with Crippen molar-refractivity contribution in [3.8, 4) is 0 Å². The van der Waals surface area contributed by atoms with Crippen LogP contribution in [-0.2, 0) is 4.79 Å². The number of para-hydroxylation sites is 1. The summed E-state index contributed by atoms with van der Waals surface area (Å²) in [6, 6.07) is 9.66. The Kier molecular flexibility index (Phi) is 3.05. The second kappa shape index (κ2) is 4.66. The van der Waals surface area contributed by atoms with Crippen LogP contribution in [0.3, 0.4) is 0 Å². The molecule has 1 amide bonds. The molecule has 2 aromatic rings. The second-order valence-corrected chi connectivity index (χ2v) is 3.41. The Balaban J connectivity index is 2.18. The third-order valence-electron chi connectivity index (χ3n) is 2.19. The van der Waals surface area contributed by atoms with E-state index < -0.39 is 0 Å². The lowest BCUT2D eigenvalue weighted by molar-refractivity contribution is -0.116. The number of furan rings is 1. The maximum atomic E-state index is 11.2. The average Bonchev–Trinajstić information content (AvgIpc) is 2.69. The van der Waals surface area contributed by atoms with Gasteiger partial charge in [0.25, 0.3) is 0 Å². The van der Waals surface area contributed by atoms with Gasteiger partial charge < -0.3 is 9.73 Å². The molecule has 0 radical (unpaired) electrons. The van der Waals surface area contributed by atoms with Gasteiger partial charge in [0.05, 0.1) is 0 Å². The van der Waals surface area contributed by atoms with E-state index in [4.69, 9.17) is 4.42 Å². The minimum Gasteiger partial charge on any atom is -0.457 e. The van der Waals surface area contributed by atoms with Crippen LogP contribution in [0, 0.1) is 0 Å². The van der Waals surface area contributed by atoms with Gasteiger partial charge in [-0.2, -0.15) is 0 Å².